The van der Waals surface area contributed by atoms with Crippen molar-refractivity contribution in [1.29, 1.82) is 0 Å². The number of hydrogen-bond acceptors (Lipinski definition) is 5. The minimum absolute atomic E-state index is 0.0284. The van der Waals surface area contributed by atoms with Gasteiger partial charge in [0.05, 0.1) is 6.04 Å². The van der Waals surface area contributed by atoms with E-state index < -0.39 is 0 Å². The number of carbonyl (C=O) groups is 1. The molecule has 1 saturated heterocycles. The number of oxazole rings is 1. The fourth-order valence-electron chi connectivity index (χ4n) is 3.38. The first-order valence-corrected chi connectivity index (χ1v) is 9.14. The molecule has 1 fully saturated rings. The Labute approximate surface area is 157 Å². The second-order valence-electron chi connectivity index (χ2n) is 6.52. The van der Waals surface area contributed by atoms with Gasteiger partial charge in [-0.05, 0) is 43.0 Å². The highest BCUT2D eigenvalue weighted by Crippen LogP contribution is 2.31. The van der Waals surface area contributed by atoms with E-state index in [1.807, 2.05) is 53.6 Å². The van der Waals surface area contributed by atoms with Crippen LogP contribution >= 0.6 is 0 Å². The van der Waals surface area contributed by atoms with Gasteiger partial charge in [-0.25, -0.2) is 4.98 Å². The van der Waals surface area contributed by atoms with Gasteiger partial charge in [0, 0.05) is 18.9 Å². The first kappa shape index (κ1) is 17.3. The van der Waals surface area contributed by atoms with Gasteiger partial charge in [-0.3, -0.25) is 9.78 Å². The van der Waals surface area contributed by atoms with Crippen LogP contribution in [0.3, 0.4) is 0 Å². The number of piperidine rings is 1. The highest BCUT2D eigenvalue weighted by molar-refractivity contribution is 5.92. The third kappa shape index (κ3) is 4.00. The third-order valence-electron chi connectivity index (χ3n) is 4.71. The quantitative estimate of drug-likeness (QED) is 0.685. The SMILES string of the molecule is O=C(c1coc(COc2ccccc2)n1)N1CCCC[C@H]1c1cccnc1. The zero-order valence-corrected chi connectivity index (χ0v) is 15.0. The second kappa shape index (κ2) is 8.03. The molecule has 138 valence electrons. The molecule has 1 amide bonds. The molecule has 0 unspecified atom stereocenters. The lowest BCUT2D eigenvalue weighted by atomic mass is 9.96. The second-order valence-corrected chi connectivity index (χ2v) is 6.52. The largest absolute Gasteiger partial charge is 0.484 e. The number of hydrogen-bond donors (Lipinski definition) is 0. The normalized spacial score (nSPS) is 16.9. The molecule has 0 N–H and O–H groups in total. The molecule has 3 aromatic rings. The van der Waals surface area contributed by atoms with Gasteiger partial charge in [0.15, 0.2) is 12.3 Å². The lowest BCUT2D eigenvalue weighted by molar-refractivity contribution is 0.0605. The van der Waals surface area contributed by atoms with Crippen LogP contribution in [0.2, 0.25) is 0 Å². The topological polar surface area (TPSA) is 68.5 Å². The van der Waals surface area contributed by atoms with Gasteiger partial charge in [0.2, 0.25) is 5.89 Å². The maximum atomic E-state index is 13.0. The van der Waals surface area contributed by atoms with Crippen molar-refractivity contribution in [3.63, 3.8) is 0 Å². The Morgan fingerprint density at radius 2 is 2.07 bits per heavy atom. The van der Waals surface area contributed by atoms with Crippen molar-refractivity contribution in [1.82, 2.24) is 14.9 Å². The van der Waals surface area contributed by atoms with Crippen LogP contribution < -0.4 is 4.74 Å². The maximum Gasteiger partial charge on any atom is 0.276 e. The molecular weight excluding hydrogens is 342 g/mol. The van der Waals surface area contributed by atoms with Crippen LogP contribution in [-0.2, 0) is 6.61 Å². The van der Waals surface area contributed by atoms with Gasteiger partial charge >= 0.3 is 0 Å². The summed E-state index contributed by atoms with van der Waals surface area (Å²) in [7, 11) is 0. The van der Waals surface area contributed by atoms with E-state index in [2.05, 4.69) is 9.97 Å². The molecule has 0 aliphatic carbocycles. The summed E-state index contributed by atoms with van der Waals surface area (Å²) in [5, 5.41) is 0. The van der Waals surface area contributed by atoms with E-state index in [4.69, 9.17) is 9.15 Å². The summed E-state index contributed by atoms with van der Waals surface area (Å²) in [6.45, 7) is 0.893. The zero-order chi connectivity index (χ0) is 18.5. The van der Waals surface area contributed by atoms with Crippen LogP contribution in [0, 0.1) is 0 Å². The van der Waals surface area contributed by atoms with E-state index in [1.54, 1.807) is 6.20 Å². The predicted octanol–water partition coefficient (Wildman–Crippen LogP) is 4.02. The van der Waals surface area contributed by atoms with Crippen molar-refractivity contribution in [2.45, 2.75) is 31.9 Å². The number of para-hydroxylation sites is 1. The first-order chi connectivity index (χ1) is 13.3. The van der Waals surface area contributed by atoms with Gasteiger partial charge in [-0.1, -0.05) is 24.3 Å². The van der Waals surface area contributed by atoms with Crippen molar-refractivity contribution in [3.05, 3.63) is 78.3 Å². The highest BCUT2D eigenvalue weighted by atomic mass is 16.5. The summed E-state index contributed by atoms with van der Waals surface area (Å²) >= 11 is 0. The molecule has 1 aliphatic heterocycles. The van der Waals surface area contributed by atoms with Crippen molar-refractivity contribution >= 4 is 5.91 Å². The van der Waals surface area contributed by atoms with E-state index >= 15 is 0 Å². The monoisotopic (exact) mass is 363 g/mol. The lowest BCUT2D eigenvalue weighted by Gasteiger charge is -2.35. The zero-order valence-electron chi connectivity index (χ0n) is 15.0. The van der Waals surface area contributed by atoms with Crippen molar-refractivity contribution in [2.75, 3.05) is 6.54 Å². The minimum atomic E-state index is -0.113. The summed E-state index contributed by atoms with van der Waals surface area (Å²) < 4.78 is 11.1. The first-order valence-electron chi connectivity index (χ1n) is 9.14. The summed E-state index contributed by atoms with van der Waals surface area (Å²) in [6, 6.07) is 13.4. The average molecular weight is 363 g/mol. The summed E-state index contributed by atoms with van der Waals surface area (Å²) in [5.74, 6) is 1.01. The van der Waals surface area contributed by atoms with Gasteiger partial charge in [0.1, 0.15) is 12.0 Å². The van der Waals surface area contributed by atoms with Gasteiger partial charge < -0.3 is 14.1 Å². The van der Waals surface area contributed by atoms with E-state index in [1.165, 1.54) is 6.26 Å². The molecule has 1 aliphatic rings. The summed E-state index contributed by atoms with van der Waals surface area (Å²) in [4.78, 5) is 23.4. The number of aromatic nitrogens is 2. The average Bonchev–Trinajstić information content (AvgIpc) is 3.22. The van der Waals surface area contributed by atoms with Gasteiger partial charge in [0.25, 0.3) is 5.91 Å². The Morgan fingerprint density at radius 3 is 2.89 bits per heavy atom. The fraction of sp³-hybridized carbons (Fsp3) is 0.286. The van der Waals surface area contributed by atoms with E-state index in [-0.39, 0.29) is 18.6 Å². The van der Waals surface area contributed by atoms with Crippen molar-refractivity contribution in [2.24, 2.45) is 0 Å². The minimum Gasteiger partial charge on any atom is -0.484 e. The molecule has 1 aromatic carbocycles. The van der Waals surface area contributed by atoms with E-state index in [9.17, 15) is 4.79 Å². The number of amides is 1. The molecule has 4 rings (SSSR count). The molecule has 3 heterocycles. The Kier molecular flexibility index (Phi) is 5.14. The number of rotatable bonds is 5. The number of benzene rings is 1. The molecule has 1 atom stereocenters. The highest BCUT2D eigenvalue weighted by Gasteiger charge is 2.30. The van der Waals surface area contributed by atoms with Crippen LogP contribution in [0.1, 0.15) is 47.2 Å². The number of carbonyl (C=O) groups excluding carboxylic acids is 1. The van der Waals surface area contributed by atoms with Gasteiger partial charge in [-0.15, -0.1) is 0 Å². The molecule has 6 heteroatoms. The van der Waals surface area contributed by atoms with Crippen LogP contribution in [0.5, 0.6) is 5.75 Å². The molecule has 0 bridgehead atoms. The number of pyridine rings is 1. The smallest absolute Gasteiger partial charge is 0.276 e. The Balaban J connectivity index is 1.46. The molecular formula is C21H21N3O3. The summed E-state index contributed by atoms with van der Waals surface area (Å²) in [6.07, 6.45) is 8.01. The maximum absolute atomic E-state index is 13.0. The van der Waals surface area contributed by atoms with E-state index in [0.29, 0.717) is 18.1 Å². The molecule has 6 nitrogen and oxygen atoms in total. The van der Waals surface area contributed by atoms with Gasteiger partial charge in [-0.2, -0.15) is 0 Å². The van der Waals surface area contributed by atoms with E-state index in [0.717, 1.165) is 30.6 Å². The molecule has 27 heavy (non-hydrogen) atoms. The van der Waals surface area contributed by atoms with Crippen LogP contribution in [0.25, 0.3) is 0 Å². The third-order valence-corrected chi connectivity index (χ3v) is 4.71. The molecule has 0 saturated carbocycles. The molecule has 0 spiro atoms. The summed E-state index contributed by atoms with van der Waals surface area (Å²) in [5.41, 5.74) is 1.37. The predicted molar refractivity (Wildman–Crippen MR) is 99.1 cm³/mol. The Bertz CT molecular complexity index is 880. The Hall–Kier alpha value is -3.15. The number of ether oxygens (including phenoxy) is 1. The van der Waals surface area contributed by atoms with Crippen molar-refractivity contribution in [3.8, 4) is 5.75 Å². The Morgan fingerprint density at radius 1 is 1.19 bits per heavy atom. The van der Waals surface area contributed by atoms with Crippen LogP contribution in [0.15, 0.2) is 65.5 Å². The molecule has 0 radical (unpaired) electrons. The standard InChI is InChI=1S/C21H21N3O3/c25-21(24-12-5-4-10-19(24)16-7-6-11-22-13-16)18-14-27-20(23-18)15-26-17-8-2-1-3-9-17/h1-3,6-9,11,13-14,19H,4-5,10,12,15H2/t19-/m0/s1. The van der Waals surface area contributed by atoms with Crippen LogP contribution in [-0.4, -0.2) is 27.3 Å². The molecule has 2 aromatic heterocycles. The van der Waals surface area contributed by atoms with Crippen LogP contribution in [0.4, 0.5) is 0 Å². The number of nitrogens with zero attached hydrogens (tertiary/aromatic N) is 3. The fourth-order valence-corrected chi connectivity index (χ4v) is 3.38. The van der Waals surface area contributed by atoms with Crippen molar-refractivity contribution < 1.29 is 13.9 Å². The lowest BCUT2D eigenvalue weighted by Crippen LogP contribution is -2.38. The number of likely N-dealkylation sites (tertiary alicyclic amines) is 1.